The first kappa shape index (κ1) is 27.8. The highest BCUT2D eigenvalue weighted by molar-refractivity contribution is 7.89. The van der Waals surface area contributed by atoms with Crippen LogP contribution in [-0.4, -0.2) is 51.8 Å². The molecule has 202 valence electrons. The highest BCUT2D eigenvalue weighted by Crippen LogP contribution is 2.34. The fourth-order valence-corrected chi connectivity index (χ4v) is 6.11. The van der Waals surface area contributed by atoms with Crippen LogP contribution in [0.5, 0.6) is 0 Å². The number of pyridine rings is 1. The summed E-state index contributed by atoms with van der Waals surface area (Å²) < 4.78 is 94.4. The van der Waals surface area contributed by atoms with Crippen molar-refractivity contribution >= 4 is 27.5 Å². The number of aromatic nitrogens is 3. The number of carbonyl (C=O) groups excluding carboxylic acids is 1. The Labute approximate surface area is 218 Å². The molecule has 1 aromatic carbocycles. The Bertz CT molecular complexity index is 1460. The second-order valence-corrected chi connectivity index (χ2v) is 10.8. The summed E-state index contributed by atoms with van der Waals surface area (Å²) in [7, 11) is -4.32. The lowest BCUT2D eigenvalue weighted by Crippen LogP contribution is -2.48. The average molecular weight is 576 g/mol. The summed E-state index contributed by atoms with van der Waals surface area (Å²) in [5.74, 6) is -3.06. The molecule has 1 fully saturated rings. The van der Waals surface area contributed by atoms with E-state index in [1.54, 1.807) is 0 Å². The molecule has 4 rings (SSSR count). The molecule has 1 N–H and O–H groups in total. The van der Waals surface area contributed by atoms with E-state index in [2.05, 4.69) is 20.3 Å². The van der Waals surface area contributed by atoms with Gasteiger partial charge in [0, 0.05) is 41.5 Å². The highest BCUT2D eigenvalue weighted by Gasteiger charge is 2.49. The van der Waals surface area contributed by atoms with E-state index in [9.17, 15) is 35.2 Å². The van der Waals surface area contributed by atoms with E-state index in [0.29, 0.717) is 0 Å². The fourth-order valence-electron chi connectivity index (χ4n) is 4.00. The minimum atomic E-state index is -4.74. The van der Waals surface area contributed by atoms with Crippen molar-refractivity contribution in [3.63, 3.8) is 0 Å². The lowest BCUT2D eigenvalue weighted by Gasteiger charge is -2.27. The van der Waals surface area contributed by atoms with Crippen molar-refractivity contribution in [3.8, 4) is 11.3 Å². The van der Waals surface area contributed by atoms with Gasteiger partial charge >= 0.3 is 6.18 Å². The van der Waals surface area contributed by atoms with Gasteiger partial charge in [0.05, 0.1) is 22.8 Å². The van der Waals surface area contributed by atoms with Crippen LogP contribution >= 0.6 is 11.6 Å². The number of alkyl halides is 4. The highest BCUT2D eigenvalue weighted by atomic mass is 35.5. The second-order valence-electron chi connectivity index (χ2n) is 8.47. The van der Waals surface area contributed by atoms with Gasteiger partial charge in [0.15, 0.2) is 0 Å². The summed E-state index contributed by atoms with van der Waals surface area (Å²) in [4.78, 5) is 23.1. The van der Waals surface area contributed by atoms with Crippen LogP contribution in [0.4, 0.5) is 22.0 Å². The predicted octanol–water partition coefficient (Wildman–Crippen LogP) is 4.16. The number of sulfonamides is 1. The number of rotatable bonds is 6. The number of hydrogen-bond acceptors (Lipinski definition) is 6. The van der Waals surface area contributed by atoms with Gasteiger partial charge in [0.1, 0.15) is 18.0 Å². The Kier molecular flexibility index (Phi) is 7.68. The van der Waals surface area contributed by atoms with Crippen molar-refractivity contribution < 1.29 is 35.2 Å². The Morgan fingerprint density at radius 2 is 1.84 bits per heavy atom. The maximum absolute atomic E-state index is 14.6. The van der Waals surface area contributed by atoms with Crippen LogP contribution in [0.3, 0.4) is 0 Å². The number of nitrogens with zero attached hydrogens (tertiary/aromatic N) is 4. The topological polar surface area (TPSA) is 105 Å². The molecule has 1 amide bonds. The summed E-state index contributed by atoms with van der Waals surface area (Å²) in [6.07, 6.45) is -4.24. The number of amides is 1. The normalized spacial score (nSPS) is 20.4. The van der Waals surface area contributed by atoms with Crippen LogP contribution in [0.25, 0.3) is 11.3 Å². The third-order valence-corrected chi connectivity index (χ3v) is 8.17. The van der Waals surface area contributed by atoms with Gasteiger partial charge in [0.2, 0.25) is 21.8 Å². The van der Waals surface area contributed by atoms with Gasteiger partial charge in [-0.1, -0.05) is 17.7 Å². The third-order valence-electron chi connectivity index (χ3n) is 5.94. The molecule has 0 unspecified atom stereocenters. The van der Waals surface area contributed by atoms with E-state index in [-0.39, 0.29) is 26.7 Å². The molecule has 3 atom stereocenters. The molecule has 38 heavy (non-hydrogen) atoms. The van der Waals surface area contributed by atoms with Gasteiger partial charge in [0.25, 0.3) is 0 Å². The van der Waals surface area contributed by atoms with Crippen LogP contribution in [0, 0.1) is 5.82 Å². The van der Waals surface area contributed by atoms with Crippen molar-refractivity contribution in [1.82, 2.24) is 24.6 Å². The van der Waals surface area contributed by atoms with Crippen molar-refractivity contribution in [1.29, 1.82) is 0 Å². The van der Waals surface area contributed by atoms with Crippen molar-refractivity contribution in [2.75, 3.05) is 0 Å². The summed E-state index contributed by atoms with van der Waals surface area (Å²) in [6, 6.07) is 3.93. The standard InChI is InChI=1S/C23H19ClF5N5O3S/c1-12-17(25)7-20(34(12)38(36,37)16-4-2-3-15(24)6-16)21(35)31-8-13-5-19(30-11-18(13)26)14-9-32-22(33-10-14)23(27,28)29/h2-6,9-12,17,20H,7-8H2,1H3,(H,31,35)/t12-,17+,20-/m1/s1. The first-order valence-electron chi connectivity index (χ1n) is 11.0. The number of hydrogen-bond donors (Lipinski definition) is 1. The van der Waals surface area contributed by atoms with E-state index in [1.165, 1.54) is 37.3 Å². The van der Waals surface area contributed by atoms with Gasteiger partial charge in [-0.25, -0.2) is 27.2 Å². The van der Waals surface area contributed by atoms with Crippen LogP contribution in [0.2, 0.25) is 5.02 Å². The smallest absolute Gasteiger partial charge is 0.351 e. The maximum Gasteiger partial charge on any atom is 0.451 e. The molecule has 1 saturated heterocycles. The summed E-state index contributed by atoms with van der Waals surface area (Å²) >= 11 is 5.90. The summed E-state index contributed by atoms with van der Waals surface area (Å²) in [5.41, 5.74) is -0.00237. The van der Waals surface area contributed by atoms with Crippen LogP contribution in [0.1, 0.15) is 24.7 Å². The summed E-state index contributed by atoms with van der Waals surface area (Å²) in [5, 5.41) is 2.55. The van der Waals surface area contributed by atoms with E-state index < -0.39 is 65.0 Å². The molecule has 1 aliphatic heterocycles. The van der Waals surface area contributed by atoms with Crippen LogP contribution < -0.4 is 5.32 Å². The third kappa shape index (κ3) is 5.61. The molecular weight excluding hydrogens is 557 g/mol. The molecule has 3 heterocycles. The van der Waals surface area contributed by atoms with E-state index >= 15 is 0 Å². The predicted molar refractivity (Wildman–Crippen MR) is 125 cm³/mol. The Balaban J connectivity index is 1.54. The first-order chi connectivity index (χ1) is 17.8. The van der Waals surface area contributed by atoms with Gasteiger partial charge in [-0.3, -0.25) is 9.78 Å². The number of benzene rings is 1. The molecule has 15 heteroatoms. The lowest BCUT2D eigenvalue weighted by molar-refractivity contribution is -0.145. The van der Waals surface area contributed by atoms with Crippen LogP contribution in [-0.2, 0) is 27.5 Å². The van der Waals surface area contributed by atoms with Gasteiger partial charge in [-0.15, -0.1) is 0 Å². The van der Waals surface area contributed by atoms with Crippen LogP contribution in [0.15, 0.2) is 53.8 Å². The first-order valence-corrected chi connectivity index (χ1v) is 12.9. The zero-order valence-electron chi connectivity index (χ0n) is 19.5. The molecule has 0 bridgehead atoms. The average Bonchev–Trinajstić information content (AvgIpc) is 3.17. The Morgan fingerprint density at radius 3 is 2.47 bits per heavy atom. The van der Waals surface area contributed by atoms with Gasteiger partial charge in [-0.05, 0) is 31.2 Å². The molecule has 0 saturated carbocycles. The fraction of sp³-hybridized carbons (Fsp3) is 0.304. The minimum absolute atomic E-state index is 0.0350. The molecule has 2 aromatic heterocycles. The molecule has 8 nitrogen and oxygen atoms in total. The molecule has 3 aromatic rings. The molecular formula is C23H19ClF5N5O3S. The van der Waals surface area contributed by atoms with E-state index in [4.69, 9.17) is 11.6 Å². The minimum Gasteiger partial charge on any atom is -0.351 e. The number of carbonyl (C=O) groups is 1. The SMILES string of the molecule is C[C@@H]1[C@@H](F)C[C@H](C(=O)NCc2cc(-c3cnc(C(F)(F)F)nc3)ncc2F)N1S(=O)(=O)c1cccc(Cl)c1. The summed E-state index contributed by atoms with van der Waals surface area (Å²) in [6.45, 7) is 0.898. The number of halogens is 6. The molecule has 0 radical (unpaired) electrons. The van der Waals surface area contributed by atoms with E-state index in [0.717, 1.165) is 22.9 Å². The quantitative estimate of drug-likeness (QED) is 0.443. The largest absolute Gasteiger partial charge is 0.451 e. The Hall–Kier alpha value is -3.23. The zero-order chi connectivity index (χ0) is 27.8. The second kappa shape index (κ2) is 10.5. The van der Waals surface area contributed by atoms with Crippen molar-refractivity contribution in [3.05, 3.63) is 71.2 Å². The van der Waals surface area contributed by atoms with Crippen molar-refractivity contribution in [2.45, 2.75) is 49.2 Å². The van der Waals surface area contributed by atoms with Crippen molar-refractivity contribution in [2.24, 2.45) is 0 Å². The monoisotopic (exact) mass is 575 g/mol. The maximum atomic E-state index is 14.6. The Morgan fingerprint density at radius 1 is 1.16 bits per heavy atom. The van der Waals surface area contributed by atoms with Gasteiger partial charge in [-0.2, -0.15) is 17.5 Å². The molecule has 1 aliphatic rings. The lowest BCUT2D eigenvalue weighted by atomic mass is 10.1. The van der Waals surface area contributed by atoms with E-state index in [1.807, 2.05) is 0 Å². The molecule has 0 aliphatic carbocycles. The molecule has 0 spiro atoms. The number of nitrogens with one attached hydrogen (secondary N) is 1. The zero-order valence-corrected chi connectivity index (χ0v) is 21.0. The van der Waals surface area contributed by atoms with Gasteiger partial charge < -0.3 is 5.32 Å².